The quantitative estimate of drug-likeness (QED) is 0.589. The number of hydrogen-bond donors (Lipinski definition) is 1. The number of rotatable bonds is 7. The molecule has 134 valence electrons. The molecular weight excluding hydrogens is 352 g/mol. The zero-order chi connectivity index (χ0) is 18.6. The van der Waals surface area contributed by atoms with Gasteiger partial charge in [0, 0.05) is 30.3 Å². The van der Waals surface area contributed by atoms with Crippen LogP contribution in [0.5, 0.6) is 17.2 Å². The summed E-state index contributed by atoms with van der Waals surface area (Å²) in [5, 5.41) is 10.9. The Labute approximate surface area is 144 Å². The summed E-state index contributed by atoms with van der Waals surface area (Å²) in [7, 11) is -0.0256. The van der Waals surface area contributed by atoms with E-state index in [1.54, 1.807) is 6.07 Å². The Morgan fingerprint density at radius 1 is 0.960 bits per heavy atom. The smallest absolute Gasteiger partial charge is 0.271 e. The zero-order valence-corrected chi connectivity index (χ0v) is 14.5. The highest BCUT2D eigenvalue weighted by Crippen LogP contribution is 2.32. The molecule has 9 nitrogen and oxygen atoms in total. The second kappa shape index (κ2) is 7.26. The lowest BCUT2D eigenvalue weighted by atomic mass is 10.3. The molecule has 0 saturated heterocycles. The van der Waals surface area contributed by atoms with Gasteiger partial charge in [0.2, 0.25) is 0 Å². The van der Waals surface area contributed by atoms with Gasteiger partial charge in [0.15, 0.2) is 0 Å². The van der Waals surface area contributed by atoms with Crippen molar-refractivity contribution in [2.45, 2.75) is 4.90 Å². The van der Waals surface area contributed by atoms with Crippen molar-refractivity contribution in [3.8, 4) is 17.2 Å². The van der Waals surface area contributed by atoms with Gasteiger partial charge in [-0.1, -0.05) is 0 Å². The molecule has 0 fully saturated rings. The first-order valence-electron chi connectivity index (χ1n) is 6.89. The van der Waals surface area contributed by atoms with E-state index in [-0.39, 0.29) is 22.0 Å². The van der Waals surface area contributed by atoms with Crippen LogP contribution >= 0.6 is 0 Å². The van der Waals surface area contributed by atoms with Gasteiger partial charge in [0.25, 0.3) is 15.7 Å². The molecule has 2 aromatic carbocycles. The molecule has 0 aromatic heterocycles. The lowest BCUT2D eigenvalue weighted by Gasteiger charge is -2.13. The minimum atomic E-state index is -4.15. The van der Waals surface area contributed by atoms with Crippen molar-refractivity contribution in [1.82, 2.24) is 0 Å². The number of anilines is 1. The summed E-state index contributed by atoms with van der Waals surface area (Å²) in [4.78, 5) is 9.88. The fourth-order valence-electron chi connectivity index (χ4n) is 2.07. The van der Waals surface area contributed by atoms with Crippen LogP contribution in [0.25, 0.3) is 0 Å². The Morgan fingerprint density at radius 2 is 1.56 bits per heavy atom. The van der Waals surface area contributed by atoms with Gasteiger partial charge in [-0.3, -0.25) is 14.8 Å². The number of nitro benzene ring substituents is 1. The average molecular weight is 368 g/mol. The molecule has 0 saturated carbocycles. The molecule has 0 radical (unpaired) electrons. The molecule has 0 spiro atoms. The molecule has 25 heavy (non-hydrogen) atoms. The Kier molecular flexibility index (Phi) is 5.32. The van der Waals surface area contributed by atoms with Crippen LogP contribution in [0.2, 0.25) is 0 Å². The van der Waals surface area contributed by atoms with Crippen molar-refractivity contribution in [2.24, 2.45) is 0 Å². The van der Waals surface area contributed by atoms with Crippen molar-refractivity contribution in [2.75, 3.05) is 26.1 Å². The van der Waals surface area contributed by atoms with Crippen LogP contribution in [0.4, 0.5) is 11.4 Å². The number of ether oxygens (including phenoxy) is 3. The maximum absolute atomic E-state index is 12.7. The molecule has 2 aromatic rings. The van der Waals surface area contributed by atoms with Crippen molar-refractivity contribution in [3.05, 3.63) is 46.5 Å². The molecule has 0 aliphatic rings. The van der Waals surface area contributed by atoms with Crippen LogP contribution in [0.15, 0.2) is 41.3 Å². The molecule has 0 aliphatic carbocycles. The number of non-ortho nitro benzene ring substituents is 1. The first-order valence-corrected chi connectivity index (χ1v) is 8.37. The lowest BCUT2D eigenvalue weighted by molar-refractivity contribution is -0.385. The number of methoxy groups -OCH3 is 3. The van der Waals surface area contributed by atoms with Crippen molar-refractivity contribution < 1.29 is 27.6 Å². The second-order valence-electron chi connectivity index (χ2n) is 4.80. The predicted molar refractivity (Wildman–Crippen MR) is 90.0 cm³/mol. The van der Waals surface area contributed by atoms with E-state index < -0.39 is 14.9 Å². The first kappa shape index (κ1) is 18.3. The second-order valence-corrected chi connectivity index (χ2v) is 6.45. The molecule has 0 unspecified atom stereocenters. The van der Waals surface area contributed by atoms with Crippen LogP contribution in [0.3, 0.4) is 0 Å². The Morgan fingerprint density at radius 3 is 2.04 bits per heavy atom. The Hall–Kier alpha value is -3.01. The van der Waals surface area contributed by atoms with Crippen molar-refractivity contribution in [1.29, 1.82) is 0 Å². The van der Waals surface area contributed by atoms with Crippen LogP contribution in [-0.2, 0) is 10.0 Å². The third-order valence-electron chi connectivity index (χ3n) is 3.25. The molecule has 1 N–H and O–H groups in total. The SMILES string of the molecule is COc1cc(NS(=O)(=O)c2cc([N+](=O)[O-])ccc2OC)cc(OC)c1. The Bertz CT molecular complexity index is 874. The van der Waals surface area contributed by atoms with E-state index in [4.69, 9.17) is 14.2 Å². The monoisotopic (exact) mass is 368 g/mol. The van der Waals surface area contributed by atoms with E-state index in [1.807, 2.05) is 0 Å². The lowest BCUT2D eigenvalue weighted by Crippen LogP contribution is -2.14. The van der Waals surface area contributed by atoms with Crippen LogP contribution in [0, 0.1) is 10.1 Å². The van der Waals surface area contributed by atoms with E-state index in [1.165, 1.54) is 39.5 Å². The van der Waals surface area contributed by atoms with Gasteiger partial charge in [0.05, 0.1) is 31.9 Å². The highest BCUT2D eigenvalue weighted by molar-refractivity contribution is 7.92. The number of sulfonamides is 1. The van der Waals surface area contributed by atoms with Gasteiger partial charge in [-0.15, -0.1) is 0 Å². The molecule has 0 aliphatic heterocycles. The standard InChI is InChI=1S/C15H16N2O7S/c1-22-12-6-10(7-13(9-12)23-2)16-25(20,21)15-8-11(17(18)19)4-5-14(15)24-3/h4-9,16H,1-3H3. The maximum Gasteiger partial charge on any atom is 0.271 e. The summed E-state index contributed by atoms with van der Waals surface area (Å²) in [5.74, 6) is 0.735. The summed E-state index contributed by atoms with van der Waals surface area (Å²) in [6.45, 7) is 0. The molecule has 2 rings (SSSR count). The number of nitrogens with zero attached hydrogens (tertiary/aromatic N) is 1. The van der Waals surface area contributed by atoms with Crippen molar-refractivity contribution in [3.63, 3.8) is 0 Å². The summed E-state index contributed by atoms with van der Waals surface area (Å²) in [6.07, 6.45) is 0. The predicted octanol–water partition coefficient (Wildman–Crippen LogP) is 2.42. The zero-order valence-electron chi connectivity index (χ0n) is 13.7. The molecule has 0 atom stereocenters. The molecular formula is C15H16N2O7S. The minimum absolute atomic E-state index is 0.0204. The van der Waals surface area contributed by atoms with Gasteiger partial charge in [0.1, 0.15) is 22.1 Å². The van der Waals surface area contributed by atoms with E-state index >= 15 is 0 Å². The largest absolute Gasteiger partial charge is 0.497 e. The number of hydrogen-bond acceptors (Lipinski definition) is 7. The van der Waals surface area contributed by atoms with Gasteiger partial charge >= 0.3 is 0 Å². The van der Waals surface area contributed by atoms with Gasteiger partial charge in [-0.05, 0) is 6.07 Å². The van der Waals surface area contributed by atoms with Crippen LogP contribution in [-0.4, -0.2) is 34.7 Å². The molecule has 10 heteroatoms. The fraction of sp³-hybridized carbons (Fsp3) is 0.200. The third-order valence-corrected chi connectivity index (χ3v) is 4.65. The summed E-state index contributed by atoms with van der Waals surface area (Å²) >= 11 is 0. The van der Waals surface area contributed by atoms with Gasteiger partial charge in [-0.2, -0.15) is 0 Å². The van der Waals surface area contributed by atoms with Crippen LogP contribution < -0.4 is 18.9 Å². The summed E-state index contributed by atoms with van der Waals surface area (Å²) < 4.78 is 42.8. The van der Waals surface area contributed by atoms with Gasteiger partial charge < -0.3 is 14.2 Å². The number of benzene rings is 2. The van der Waals surface area contributed by atoms with E-state index in [0.29, 0.717) is 11.5 Å². The minimum Gasteiger partial charge on any atom is -0.497 e. The van der Waals surface area contributed by atoms with E-state index in [2.05, 4.69) is 4.72 Å². The van der Waals surface area contributed by atoms with Crippen LogP contribution in [0.1, 0.15) is 0 Å². The fourth-order valence-corrected chi connectivity index (χ4v) is 3.30. The maximum atomic E-state index is 12.7. The van der Waals surface area contributed by atoms with E-state index in [0.717, 1.165) is 12.1 Å². The molecule has 0 bridgehead atoms. The normalized spacial score (nSPS) is 10.8. The highest BCUT2D eigenvalue weighted by Gasteiger charge is 2.23. The summed E-state index contributed by atoms with van der Waals surface area (Å²) in [5.41, 5.74) is -0.200. The number of nitro groups is 1. The van der Waals surface area contributed by atoms with Crippen molar-refractivity contribution >= 4 is 21.4 Å². The topological polar surface area (TPSA) is 117 Å². The Balaban J connectivity index is 2.49. The van der Waals surface area contributed by atoms with Gasteiger partial charge in [-0.25, -0.2) is 8.42 Å². The average Bonchev–Trinajstić information content (AvgIpc) is 2.60. The first-order chi connectivity index (χ1) is 11.8. The third kappa shape index (κ3) is 4.10. The number of nitrogens with one attached hydrogen (secondary N) is 1. The highest BCUT2D eigenvalue weighted by atomic mass is 32.2. The molecule has 0 amide bonds. The summed E-state index contributed by atoms with van der Waals surface area (Å²) in [6, 6.07) is 7.78. The molecule has 0 heterocycles. The van der Waals surface area contributed by atoms with E-state index in [9.17, 15) is 18.5 Å².